The summed E-state index contributed by atoms with van der Waals surface area (Å²) in [6, 6.07) is 7.64. The number of pyridine rings is 1. The van der Waals surface area contributed by atoms with Crippen LogP contribution in [0.25, 0.3) is 22.0 Å². The lowest BCUT2D eigenvalue weighted by Gasteiger charge is -2.23. The molecule has 20 heteroatoms. The molecule has 3 aliphatic rings. The molecule has 3 N–H and O–H groups in total. The van der Waals surface area contributed by atoms with E-state index in [0.29, 0.717) is 28.4 Å². The number of carbonyl (C=O) groups excluding carboxylic acids is 1. The predicted octanol–water partition coefficient (Wildman–Crippen LogP) is 6.42. The van der Waals surface area contributed by atoms with Crippen molar-refractivity contribution in [3.8, 4) is 23.0 Å². The van der Waals surface area contributed by atoms with E-state index in [4.69, 9.17) is 16.6 Å². The van der Waals surface area contributed by atoms with Gasteiger partial charge >= 0.3 is 6.18 Å². The van der Waals surface area contributed by atoms with Gasteiger partial charge in [0.1, 0.15) is 29.6 Å². The van der Waals surface area contributed by atoms with Crippen LogP contribution in [0.1, 0.15) is 58.7 Å². The number of halogens is 8. The summed E-state index contributed by atoms with van der Waals surface area (Å²) >= 11 is 6.59. The van der Waals surface area contributed by atoms with E-state index >= 15 is 8.78 Å². The van der Waals surface area contributed by atoms with Crippen molar-refractivity contribution in [2.45, 2.75) is 49.9 Å². The zero-order valence-corrected chi connectivity index (χ0v) is 32.1. The standard InChI is InChI=1S/C38H32ClF7N8O3S/c1-53-33-24(7-8-27(39)31(33)36(51-53)52-58(2,56)57)23-6-5-22(4-3-18-9-10-47-16-18)48-32(23)28(13-19-11-20(40)14-21(41)12-19)49-29(55)17-54-35-30(34(50-54)38(44,45)46)25-15-26(25)37(35,42)43/h5-8,11-12,14,18,25-26,28,47H,9-10,13,15-17H2,1-2H3,(H,49,55)(H,51,52)/t18?,25-,26+,28?/m0/s1. The molecule has 2 aliphatic carbocycles. The van der Waals surface area contributed by atoms with Crippen LogP contribution in [0.3, 0.4) is 0 Å². The van der Waals surface area contributed by atoms with Crippen LogP contribution in [-0.2, 0) is 46.9 Å². The van der Waals surface area contributed by atoms with E-state index in [0.717, 1.165) is 31.4 Å². The molecule has 8 rings (SSSR count). The number of fused-ring (bicyclic) bond motifs is 4. The molecule has 1 saturated heterocycles. The molecule has 5 aromatic rings. The molecule has 0 spiro atoms. The maximum absolute atomic E-state index is 15.4. The van der Waals surface area contributed by atoms with Crippen LogP contribution in [0.5, 0.6) is 0 Å². The maximum Gasteiger partial charge on any atom is 0.435 e. The van der Waals surface area contributed by atoms with E-state index < -0.39 is 81.0 Å². The first kappa shape index (κ1) is 39.6. The summed E-state index contributed by atoms with van der Waals surface area (Å²) < 4.78 is 131. The van der Waals surface area contributed by atoms with Crippen LogP contribution in [-0.4, -0.2) is 58.2 Å². The van der Waals surface area contributed by atoms with Gasteiger partial charge in [-0.05, 0) is 73.5 Å². The summed E-state index contributed by atoms with van der Waals surface area (Å²) in [4.78, 5) is 18.8. The van der Waals surface area contributed by atoms with Gasteiger partial charge < -0.3 is 10.6 Å². The minimum absolute atomic E-state index is 0.00310. The van der Waals surface area contributed by atoms with Crippen molar-refractivity contribution < 1.29 is 43.9 Å². The van der Waals surface area contributed by atoms with Crippen LogP contribution in [0.4, 0.5) is 36.6 Å². The Kier molecular flexibility index (Phi) is 9.75. The molecule has 11 nitrogen and oxygen atoms in total. The molecule has 3 aromatic heterocycles. The van der Waals surface area contributed by atoms with Gasteiger partial charge in [-0.2, -0.15) is 32.1 Å². The van der Waals surface area contributed by atoms with E-state index in [9.17, 15) is 35.2 Å². The van der Waals surface area contributed by atoms with E-state index in [2.05, 4.69) is 37.4 Å². The van der Waals surface area contributed by atoms with E-state index in [1.54, 1.807) is 18.2 Å². The lowest BCUT2D eigenvalue weighted by atomic mass is 9.93. The van der Waals surface area contributed by atoms with Crippen LogP contribution >= 0.6 is 11.6 Å². The Hall–Kier alpha value is -5.19. The molecule has 2 fully saturated rings. The Balaban J connectivity index is 1.27. The number of alkyl halides is 5. The van der Waals surface area contributed by atoms with Gasteiger partial charge in [0.05, 0.1) is 33.9 Å². The molecule has 1 amide bonds. The van der Waals surface area contributed by atoms with Crippen molar-refractivity contribution in [2.24, 2.45) is 18.9 Å². The smallest absolute Gasteiger partial charge is 0.346 e. The number of anilines is 1. The van der Waals surface area contributed by atoms with Crippen molar-refractivity contribution in [3.63, 3.8) is 0 Å². The average molecular weight is 849 g/mol. The highest BCUT2D eigenvalue weighted by molar-refractivity contribution is 7.92. The topological polar surface area (TPSA) is 136 Å². The lowest BCUT2D eigenvalue weighted by molar-refractivity contribution is -0.142. The van der Waals surface area contributed by atoms with Gasteiger partial charge in [-0.25, -0.2) is 22.2 Å². The lowest BCUT2D eigenvalue weighted by Crippen LogP contribution is -2.35. The molecule has 58 heavy (non-hydrogen) atoms. The molecular formula is C38H32ClF7N8O3S. The summed E-state index contributed by atoms with van der Waals surface area (Å²) in [7, 11) is -2.30. The summed E-state index contributed by atoms with van der Waals surface area (Å²) in [5, 5.41) is 14.0. The fourth-order valence-corrected chi connectivity index (χ4v) is 8.72. The van der Waals surface area contributed by atoms with E-state index in [1.165, 1.54) is 17.8 Å². The molecule has 2 aromatic carbocycles. The average Bonchev–Trinajstić information content (AvgIpc) is 3.35. The zero-order chi connectivity index (χ0) is 41.5. The Morgan fingerprint density at radius 1 is 1.10 bits per heavy atom. The number of aromatic nitrogens is 5. The number of nitrogens with one attached hydrogen (secondary N) is 3. The fraction of sp³-hybridized carbons (Fsp3) is 0.368. The van der Waals surface area contributed by atoms with E-state index in [1.807, 2.05) is 0 Å². The van der Waals surface area contributed by atoms with Crippen molar-refractivity contribution in [1.29, 1.82) is 0 Å². The third-order valence-electron chi connectivity index (χ3n) is 10.4. The Morgan fingerprint density at radius 2 is 1.83 bits per heavy atom. The van der Waals surface area contributed by atoms with Gasteiger partial charge in [0, 0.05) is 48.2 Å². The molecular weight excluding hydrogens is 817 g/mol. The Bertz CT molecular complexity index is 2660. The fourth-order valence-electron chi connectivity index (χ4n) is 7.98. The van der Waals surface area contributed by atoms with Gasteiger partial charge in [-0.3, -0.25) is 18.9 Å². The van der Waals surface area contributed by atoms with Gasteiger partial charge in [-0.15, -0.1) is 0 Å². The third kappa shape index (κ3) is 7.48. The van der Waals surface area contributed by atoms with Crippen LogP contribution < -0.4 is 15.4 Å². The Labute approximate surface area is 331 Å². The van der Waals surface area contributed by atoms with Crippen molar-refractivity contribution in [2.75, 3.05) is 24.1 Å². The van der Waals surface area contributed by atoms with Crippen molar-refractivity contribution in [1.82, 2.24) is 35.2 Å². The number of hydrogen-bond acceptors (Lipinski definition) is 7. The molecule has 1 saturated carbocycles. The van der Waals surface area contributed by atoms with E-state index in [-0.39, 0.29) is 57.5 Å². The van der Waals surface area contributed by atoms with Gasteiger partial charge in [0.15, 0.2) is 11.5 Å². The largest absolute Gasteiger partial charge is 0.435 e. The number of amides is 1. The monoisotopic (exact) mass is 848 g/mol. The summed E-state index contributed by atoms with van der Waals surface area (Å²) in [6.07, 6.45) is -3.84. The normalized spacial score (nSPS) is 20.0. The molecule has 4 atom stereocenters. The van der Waals surface area contributed by atoms with Gasteiger partial charge in [0.25, 0.3) is 5.92 Å². The molecule has 2 unspecified atom stereocenters. The minimum Gasteiger partial charge on any atom is -0.346 e. The minimum atomic E-state index is -5.06. The SMILES string of the molecule is Cn1nc(NS(C)(=O)=O)c2c(Cl)ccc(-c3ccc(C#CC4CCNC4)nc3C(Cc3cc(F)cc(F)c3)NC(=O)Cn3nc(C(F)(F)F)c4c3C(F)(F)[C@@H]3C[C@H]43)c21. The highest BCUT2D eigenvalue weighted by atomic mass is 35.5. The van der Waals surface area contributed by atoms with Gasteiger partial charge in [-0.1, -0.05) is 23.6 Å². The van der Waals surface area contributed by atoms with Crippen molar-refractivity contribution >= 4 is 44.3 Å². The third-order valence-corrected chi connectivity index (χ3v) is 11.3. The molecule has 4 heterocycles. The molecule has 304 valence electrons. The highest BCUT2D eigenvalue weighted by Crippen LogP contribution is 2.68. The first-order chi connectivity index (χ1) is 27.3. The number of hydrogen-bond donors (Lipinski definition) is 3. The number of rotatable bonds is 9. The van der Waals surface area contributed by atoms with Crippen LogP contribution in [0.2, 0.25) is 5.02 Å². The number of nitrogens with zero attached hydrogens (tertiary/aromatic N) is 5. The molecule has 1 aliphatic heterocycles. The predicted molar refractivity (Wildman–Crippen MR) is 198 cm³/mol. The first-order valence-electron chi connectivity index (χ1n) is 18.0. The van der Waals surface area contributed by atoms with Crippen LogP contribution in [0.15, 0.2) is 42.5 Å². The highest BCUT2D eigenvalue weighted by Gasteiger charge is 2.68. The van der Waals surface area contributed by atoms with Crippen molar-refractivity contribution in [3.05, 3.63) is 93.0 Å². The Morgan fingerprint density at radius 3 is 2.50 bits per heavy atom. The first-order valence-corrected chi connectivity index (χ1v) is 20.2. The van der Waals surface area contributed by atoms with Gasteiger partial charge in [0.2, 0.25) is 15.9 Å². The second-order valence-corrected chi connectivity index (χ2v) is 16.8. The molecule has 0 radical (unpaired) electrons. The molecule has 0 bridgehead atoms. The number of aryl methyl sites for hydroxylation is 1. The second-order valence-electron chi connectivity index (χ2n) is 14.7. The maximum atomic E-state index is 15.4. The summed E-state index contributed by atoms with van der Waals surface area (Å²) in [5.41, 5.74) is -1.79. The summed E-state index contributed by atoms with van der Waals surface area (Å²) in [6.45, 7) is 0.348. The number of carbonyl (C=O) groups is 1. The number of benzene rings is 2. The second kappa shape index (κ2) is 14.3. The van der Waals surface area contributed by atoms with Crippen LogP contribution in [0, 0.1) is 35.3 Å². The zero-order valence-electron chi connectivity index (χ0n) is 30.5. The number of sulfonamides is 1. The summed E-state index contributed by atoms with van der Waals surface area (Å²) in [5.74, 6) is -2.88. The quantitative estimate of drug-likeness (QED) is 0.115.